The molecule has 0 bridgehead atoms. The molecule has 0 saturated carbocycles. The van der Waals surface area contributed by atoms with Crippen LogP contribution in [0.1, 0.15) is 25.0 Å². The van der Waals surface area contributed by atoms with Crippen LogP contribution in [0.5, 0.6) is 0 Å². The van der Waals surface area contributed by atoms with Crippen LogP contribution in [0.15, 0.2) is 36.4 Å². The minimum absolute atomic E-state index is 0.354. The van der Waals surface area contributed by atoms with Crippen molar-refractivity contribution < 1.29 is 19.1 Å². The van der Waals surface area contributed by atoms with Gasteiger partial charge >= 0.3 is 11.9 Å². The van der Waals surface area contributed by atoms with Crippen LogP contribution < -0.4 is 0 Å². The molecule has 2 atom stereocenters. The van der Waals surface area contributed by atoms with E-state index in [2.05, 4.69) is 0 Å². The van der Waals surface area contributed by atoms with Crippen molar-refractivity contribution in [2.75, 3.05) is 14.2 Å². The number of benzene rings is 1. The van der Waals surface area contributed by atoms with Gasteiger partial charge in [0.2, 0.25) is 0 Å². The highest BCUT2D eigenvalue weighted by atomic mass is 16.5. The summed E-state index contributed by atoms with van der Waals surface area (Å²) >= 11 is 0. The highest BCUT2D eigenvalue weighted by Gasteiger charge is 2.46. The van der Waals surface area contributed by atoms with Gasteiger partial charge in [0.05, 0.1) is 14.2 Å². The molecule has 4 nitrogen and oxygen atoms in total. The summed E-state index contributed by atoms with van der Waals surface area (Å²) in [7, 11) is 2.72. The Labute approximate surface area is 118 Å². The highest BCUT2D eigenvalue weighted by molar-refractivity contribution is 5.92. The van der Waals surface area contributed by atoms with Gasteiger partial charge in [-0.05, 0) is 25.0 Å². The molecule has 20 heavy (non-hydrogen) atoms. The monoisotopic (exact) mass is 274 g/mol. The molecule has 0 radical (unpaired) electrons. The number of hydrogen-bond donors (Lipinski definition) is 0. The molecule has 2 rings (SSSR count). The van der Waals surface area contributed by atoms with Crippen molar-refractivity contribution in [3.63, 3.8) is 0 Å². The second kappa shape index (κ2) is 4.78. The zero-order chi connectivity index (χ0) is 15.0. The maximum atomic E-state index is 12.1. The number of fused-ring (bicyclic) bond motifs is 1. The Morgan fingerprint density at radius 2 is 1.20 bits per heavy atom. The fourth-order valence-corrected chi connectivity index (χ4v) is 2.68. The molecule has 0 aromatic heterocycles. The number of hydrogen-bond acceptors (Lipinski definition) is 4. The van der Waals surface area contributed by atoms with Gasteiger partial charge in [0, 0.05) is 0 Å². The quantitative estimate of drug-likeness (QED) is 0.612. The summed E-state index contributed by atoms with van der Waals surface area (Å²) in [5, 5.41) is 0. The molecule has 1 aromatic carbocycles. The molecule has 1 aromatic rings. The van der Waals surface area contributed by atoms with E-state index in [1.807, 2.05) is 24.3 Å². The number of carbonyl (C=O) groups is 2. The van der Waals surface area contributed by atoms with Crippen LogP contribution in [-0.4, -0.2) is 26.2 Å². The number of rotatable bonds is 2. The molecule has 0 saturated heterocycles. The van der Waals surface area contributed by atoms with E-state index in [-0.39, 0.29) is 11.9 Å². The zero-order valence-corrected chi connectivity index (χ0v) is 12.1. The van der Waals surface area contributed by atoms with Crippen LogP contribution in [0, 0.1) is 0 Å². The Hall–Kier alpha value is -2.10. The van der Waals surface area contributed by atoms with Gasteiger partial charge in [-0.25, -0.2) is 0 Å². The Morgan fingerprint density at radius 3 is 1.50 bits per heavy atom. The van der Waals surface area contributed by atoms with Gasteiger partial charge < -0.3 is 9.47 Å². The zero-order valence-electron chi connectivity index (χ0n) is 12.1. The van der Waals surface area contributed by atoms with Crippen molar-refractivity contribution >= 4 is 11.9 Å². The lowest BCUT2D eigenvalue weighted by molar-refractivity contribution is -0.147. The molecule has 0 aliphatic heterocycles. The predicted molar refractivity (Wildman–Crippen MR) is 74.3 cm³/mol. The predicted octanol–water partition coefficient (Wildman–Crippen LogP) is 2.12. The lowest BCUT2D eigenvalue weighted by atomic mass is 9.66. The smallest absolute Gasteiger partial charge is 0.319 e. The number of esters is 2. The molecule has 1 aliphatic rings. The average molecular weight is 274 g/mol. The van der Waals surface area contributed by atoms with Gasteiger partial charge in [0.25, 0.3) is 0 Å². The van der Waals surface area contributed by atoms with Crippen molar-refractivity contribution in [3.05, 3.63) is 47.5 Å². The topological polar surface area (TPSA) is 52.6 Å². The van der Waals surface area contributed by atoms with Crippen LogP contribution in [0.3, 0.4) is 0 Å². The first-order valence-corrected chi connectivity index (χ1v) is 6.37. The summed E-state index contributed by atoms with van der Waals surface area (Å²) in [5.41, 5.74) is -0.248. The van der Waals surface area contributed by atoms with Gasteiger partial charge in [-0.2, -0.15) is 0 Å². The van der Waals surface area contributed by atoms with Crippen molar-refractivity contribution in [1.29, 1.82) is 0 Å². The van der Waals surface area contributed by atoms with E-state index in [0.29, 0.717) is 0 Å². The fourth-order valence-electron chi connectivity index (χ4n) is 2.68. The van der Waals surface area contributed by atoms with Crippen LogP contribution in [0.2, 0.25) is 0 Å². The van der Waals surface area contributed by atoms with E-state index in [4.69, 9.17) is 9.47 Å². The van der Waals surface area contributed by atoms with Gasteiger partial charge in [-0.15, -0.1) is 0 Å². The summed E-state index contributed by atoms with van der Waals surface area (Å²) in [6.07, 6.45) is 3.44. The molecule has 0 N–H and O–H groups in total. The summed E-state index contributed by atoms with van der Waals surface area (Å²) in [4.78, 5) is 24.2. The first kappa shape index (κ1) is 14.3. The summed E-state index contributed by atoms with van der Waals surface area (Å²) in [5.74, 6) is -0.707. The standard InChI is InChI=1S/C16H18O4/c1-15(13(17)19-3)9-10-16(2,14(18)20-4)12-8-6-5-7-11(12)15/h5-10H,1-4H3/t15-,16-/m1/s1. The number of methoxy groups -OCH3 is 2. The molecule has 0 spiro atoms. The van der Waals surface area contributed by atoms with Crippen molar-refractivity contribution in [2.45, 2.75) is 24.7 Å². The summed E-state index contributed by atoms with van der Waals surface area (Å²) in [6.45, 7) is 3.57. The second-order valence-electron chi connectivity index (χ2n) is 5.27. The Balaban J connectivity index is 2.68. The van der Waals surface area contributed by atoms with E-state index in [9.17, 15) is 9.59 Å². The molecule has 0 fully saturated rings. The van der Waals surface area contributed by atoms with Crippen LogP contribution in [-0.2, 0) is 29.9 Å². The largest absolute Gasteiger partial charge is 0.468 e. The van der Waals surface area contributed by atoms with Crippen molar-refractivity contribution in [1.82, 2.24) is 0 Å². The lowest BCUT2D eigenvalue weighted by Gasteiger charge is -2.37. The maximum Gasteiger partial charge on any atom is 0.319 e. The molecule has 106 valence electrons. The van der Waals surface area contributed by atoms with Crippen LogP contribution in [0.25, 0.3) is 0 Å². The molecule has 0 unspecified atom stereocenters. The average Bonchev–Trinajstić information content (AvgIpc) is 2.49. The second-order valence-corrected chi connectivity index (χ2v) is 5.27. The molecule has 1 aliphatic carbocycles. The number of carbonyl (C=O) groups excluding carboxylic acids is 2. The van der Waals surface area contributed by atoms with Gasteiger partial charge in [0.1, 0.15) is 10.8 Å². The van der Waals surface area contributed by atoms with Crippen molar-refractivity contribution in [3.8, 4) is 0 Å². The first-order chi connectivity index (χ1) is 9.40. The minimum Gasteiger partial charge on any atom is -0.468 e. The molecule has 4 heteroatoms. The molecule has 0 heterocycles. The maximum absolute atomic E-state index is 12.1. The van der Waals surface area contributed by atoms with E-state index in [0.717, 1.165) is 11.1 Å². The highest BCUT2D eigenvalue weighted by Crippen LogP contribution is 2.42. The third-order valence-corrected chi connectivity index (χ3v) is 4.01. The Bertz CT molecular complexity index is 539. The first-order valence-electron chi connectivity index (χ1n) is 6.37. The van der Waals surface area contributed by atoms with Gasteiger partial charge in [-0.1, -0.05) is 36.4 Å². The molecular weight excluding hydrogens is 256 g/mol. The fraction of sp³-hybridized carbons (Fsp3) is 0.375. The van der Waals surface area contributed by atoms with Crippen molar-refractivity contribution in [2.24, 2.45) is 0 Å². The minimum atomic E-state index is -0.890. The van der Waals surface area contributed by atoms with Crippen LogP contribution >= 0.6 is 0 Å². The van der Waals surface area contributed by atoms with E-state index >= 15 is 0 Å². The SMILES string of the molecule is COC(=O)[C@]1(C)C=C[C@@](C)(C(=O)OC)c2ccccc21. The van der Waals surface area contributed by atoms with E-state index in [1.165, 1.54) is 14.2 Å². The third kappa shape index (κ3) is 1.83. The summed E-state index contributed by atoms with van der Waals surface area (Å²) < 4.78 is 9.80. The normalized spacial score (nSPS) is 27.6. The van der Waals surface area contributed by atoms with E-state index in [1.54, 1.807) is 26.0 Å². The third-order valence-electron chi connectivity index (χ3n) is 4.01. The molecular formula is C16H18O4. The van der Waals surface area contributed by atoms with Gasteiger partial charge in [-0.3, -0.25) is 9.59 Å². The van der Waals surface area contributed by atoms with Gasteiger partial charge in [0.15, 0.2) is 0 Å². The number of ether oxygens (including phenoxy) is 2. The Morgan fingerprint density at radius 1 is 0.850 bits per heavy atom. The Kier molecular flexibility index (Phi) is 3.42. The van der Waals surface area contributed by atoms with Crippen LogP contribution in [0.4, 0.5) is 0 Å². The summed E-state index contributed by atoms with van der Waals surface area (Å²) in [6, 6.07) is 7.38. The van der Waals surface area contributed by atoms with E-state index < -0.39 is 10.8 Å². The molecule has 0 amide bonds. The lowest BCUT2D eigenvalue weighted by Crippen LogP contribution is -2.42.